The largest absolute Gasteiger partial charge is 0.491 e. The minimum Gasteiger partial charge on any atom is -0.491 e. The predicted octanol–water partition coefficient (Wildman–Crippen LogP) is 3.57. The zero-order valence-electron chi connectivity index (χ0n) is 12.9. The molecule has 1 aliphatic carbocycles. The molecule has 2 heterocycles. The number of hydrogen-bond donors (Lipinski definition) is 0. The van der Waals surface area contributed by atoms with Crippen molar-refractivity contribution in [2.45, 2.75) is 25.8 Å². The molecule has 0 aliphatic heterocycles. The Labute approximate surface area is 134 Å². The first-order chi connectivity index (χ1) is 11.4. The van der Waals surface area contributed by atoms with Crippen LogP contribution in [0.1, 0.15) is 18.5 Å². The average molecular weight is 309 g/mol. The van der Waals surface area contributed by atoms with Crippen LogP contribution in [0.2, 0.25) is 0 Å². The van der Waals surface area contributed by atoms with Gasteiger partial charge in [-0.2, -0.15) is 0 Å². The van der Waals surface area contributed by atoms with E-state index in [0.717, 1.165) is 41.7 Å². The zero-order chi connectivity index (χ0) is 15.5. The van der Waals surface area contributed by atoms with E-state index in [1.165, 1.54) is 19.2 Å². The number of aromatic nitrogens is 3. The summed E-state index contributed by atoms with van der Waals surface area (Å²) in [5.41, 5.74) is 2.02. The normalized spacial score (nSPS) is 14.1. The Morgan fingerprint density at radius 3 is 3.00 bits per heavy atom. The maximum absolute atomic E-state index is 5.97. The van der Waals surface area contributed by atoms with E-state index in [4.69, 9.17) is 9.15 Å². The van der Waals surface area contributed by atoms with Crippen molar-refractivity contribution in [2.24, 2.45) is 5.92 Å². The third-order valence-corrected chi connectivity index (χ3v) is 4.12. The SMILES string of the molecule is c1ccc(-c2ocnc2CC2CC2)c(OCCn2ccnc2)c1. The van der Waals surface area contributed by atoms with Crippen LogP contribution in [0.25, 0.3) is 11.3 Å². The molecule has 5 nitrogen and oxygen atoms in total. The quantitative estimate of drug-likeness (QED) is 0.669. The van der Waals surface area contributed by atoms with Crippen LogP contribution in [0.15, 0.2) is 53.8 Å². The third-order valence-electron chi connectivity index (χ3n) is 4.12. The molecule has 1 aromatic carbocycles. The lowest BCUT2D eigenvalue weighted by Gasteiger charge is -2.11. The van der Waals surface area contributed by atoms with Crippen molar-refractivity contribution >= 4 is 0 Å². The molecular formula is C18H19N3O2. The molecule has 0 N–H and O–H groups in total. The Balaban J connectivity index is 1.51. The Morgan fingerprint density at radius 1 is 1.26 bits per heavy atom. The fourth-order valence-electron chi connectivity index (χ4n) is 2.69. The summed E-state index contributed by atoms with van der Waals surface area (Å²) in [6.45, 7) is 1.35. The fraction of sp³-hybridized carbons (Fsp3) is 0.333. The molecule has 0 unspecified atom stereocenters. The van der Waals surface area contributed by atoms with Gasteiger partial charge in [0, 0.05) is 12.4 Å². The van der Waals surface area contributed by atoms with Gasteiger partial charge in [-0.25, -0.2) is 9.97 Å². The van der Waals surface area contributed by atoms with Crippen LogP contribution in [0, 0.1) is 5.92 Å². The number of oxazole rings is 1. The molecule has 0 spiro atoms. The van der Waals surface area contributed by atoms with Gasteiger partial charge >= 0.3 is 0 Å². The number of rotatable bonds is 7. The first-order valence-corrected chi connectivity index (χ1v) is 8.00. The summed E-state index contributed by atoms with van der Waals surface area (Å²) < 4.78 is 13.6. The van der Waals surface area contributed by atoms with Gasteiger partial charge in [-0.15, -0.1) is 0 Å². The van der Waals surface area contributed by atoms with Crippen LogP contribution in [0.5, 0.6) is 5.75 Å². The number of hydrogen-bond acceptors (Lipinski definition) is 4. The Morgan fingerprint density at radius 2 is 2.17 bits per heavy atom. The maximum atomic E-state index is 5.97. The summed E-state index contributed by atoms with van der Waals surface area (Å²) in [5.74, 6) is 2.45. The van der Waals surface area contributed by atoms with E-state index in [0.29, 0.717) is 6.61 Å². The van der Waals surface area contributed by atoms with Crippen molar-refractivity contribution in [3.8, 4) is 17.1 Å². The first-order valence-electron chi connectivity index (χ1n) is 8.00. The smallest absolute Gasteiger partial charge is 0.181 e. The van der Waals surface area contributed by atoms with Crippen LogP contribution in [-0.2, 0) is 13.0 Å². The van der Waals surface area contributed by atoms with Crippen LogP contribution < -0.4 is 4.74 Å². The highest BCUT2D eigenvalue weighted by atomic mass is 16.5. The highest BCUT2D eigenvalue weighted by molar-refractivity contribution is 5.67. The highest BCUT2D eigenvalue weighted by Gasteiger charge is 2.25. The minimum absolute atomic E-state index is 0.583. The van der Waals surface area contributed by atoms with Crippen LogP contribution in [0.4, 0.5) is 0 Å². The van der Waals surface area contributed by atoms with E-state index >= 15 is 0 Å². The zero-order valence-corrected chi connectivity index (χ0v) is 12.9. The van der Waals surface area contributed by atoms with Gasteiger partial charge in [0.25, 0.3) is 0 Å². The van der Waals surface area contributed by atoms with Gasteiger partial charge in [0.1, 0.15) is 12.4 Å². The van der Waals surface area contributed by atoms with E-state index in [-0.39, 0.29) is 0 Å². The van der Waals surface area contributed by atoms with Gasteiger partial charge in [-0.1, -0.05) is 12.1 Å². The Bertz CT molecular complexity index is 760. The molecule has 0 atom stereocenters. The third kappa shape index (κ3) is 3.28. The van der Waals surface area contributed by atoms with E-state index in [1.807, 2.05) is 35.0 Å². The lowest BCUT2D eigenvalue weighted by atomic mass is 10.1. The van der Waals surface area contributed by atoms with Crippen molar-refractivity contribution in [3.05, 3.63) is 55.1 Å². The average Bonchev–Trinajstić information content (AvgIpc) is 3.04. The van der Waals surface area contributed by atoms with E-state index < -0.39 is 0 Å². The van der Waals surface area contributed by atoms with Gasteiger partial charge in [0.2, 0.25) is 0 Å². The lowest BCUT2D eigenvalue weighted by molar-refractivity contribution is 0.299. The van der Waals surface area contributed by atoms with E-state index in [9.17, 15) is 0 Å². The van der Waals surface area contributed by atoms with Gasteiger partial charge in [0.05, 0.1) is 24.1 Å². The Hall–Kier alpha value is -2.56. The Kier molecular flexibility index (Phi) is 3.84. The van der Waals surface area contributed by atoms with Crippen molar-refractivity contribution < 1.29 is 9.15 Å². The van der Waals surface area contributed by atoms with E-state index in [2.05, 4.69) is 9.97 Å². The molecule has 23 heavy (non-hydrogen) atoms. The first kappa shape index (κ1) is 14.1. The molecule has 0 amide bonds. The summed E-state index contributed by atoms with van der Waals surface area (Å²) in [7, 11) is 0. The topological polar surface area (TPSA) is 53.1 Å². The number of para-hydroxylation sites is 1. The number of benzene rings is 1. The van der Waals surface area contributed by atoms with E-state index in [1.54, 1.807) is 12.5 Å². The molecule has 1 fully saturated rings. The van der Waals surface area contributed by atoms with Crippen molar-refractivity contribution in [1.82, 2.24) is 14.5 Å². The lowest BCUT2D eigenvalue weighted by Crippen LogP contribution is -2.07. The molecule has 2 aromatic heterocycles. The molecule has 0 saturated heterocycles. The molecule has 1 aliphatic rings. The molecule has 3 aromatic rings. The molecule has 0 radical (unpaired) electrons. The second-order valence-corrected chi connectivity index (χ2v) is 5.92. The predicted molar refractivity (Wildman–Crippen MR) is 86.1 cm³/mol. The van der Waals surface area contributed by atoms with Crippen molar-refractivity contribution in [2.75, 3.05) is 6.61 Å². The summed E-state index contributed by atoms with van der Waals surface area (Å²) >= 11 is 0. The standard InChI is InChI=1S/C18H19N3O2/c1-2-4-17(22-10-9-21-8-7-19-12-21)15(3-1)18-16(20-13-23-18)11-14-5-6-14/h1-4,7-8,12-14H,5-6,9-11H2. The summed E-state index contributed by atoms with van der Waals surface area (Å²) in [6.07, 6.45) is 10.6. The highest BCUT2D eigenvalue weighted by Crippen LogP contribution is 2.37. The number of nitrogens with zero attached hydrogens (tertiary/aromatic N) is 3. The van der Waals surface area contributed by atoms with Gasteiger partial charge < -0.3 is 13.7 Å². The minimum atomic E-state index is 0.583. The summed E-state index contributed by atoms with van der Waals surface area (Å²) in [6, 6.07) is 7.99. The second-order valence-electron chi connectivity index (χ2n) is 5.92. The van der Waals surface area contributed by atoms with Crippen molar-refractivity contribution in [3.63, 3.8) is 0 Å². The van der Waals surface area contributed by atoms with Crippen LogP contribution in [-0.4, -0.2) is 21.1 Å². The number of ether oxygens (including phenoxy) is 1. The molecular weight excluding hydrogens is 290 g/mol. The van der Waals surface area contributed by atoms with Crippen molar-refractivity contribution in [1.29, 1.82) is 0 Å². The van der Waals surface area contributed by atoms with Gasteiger partial charge in [-0.3, -0.25) is 0 Å². The summed E-state index contributed by atoms with van der Waals surface area (Å²) in [4.78, 5) is 8.44. The maximum Gasteiger partial charge on any atom is 0.181 e. The molecule has 0 bridgehead atoms. The van der Waals surface area contributed by atoms with Gasteiger partial charge in [-0.05, 0) is 37.3 Å². The molecule has 5 heteroatoms. The number of imidazole rings is 1. The fourth-order valence-corrected chi connectivity index (χ4v) is 2.69. The van der Waals surface area contributed by atoms with Gasteiger partial charge in [0.15, 0.2) is 12.2 Å². The monoisotopic (exact) mass is 309 g/mol. The molecule has 4 rings (SSSR count). The second kappa shape index (κ2) is 6.28. The van der Waals surface area contributed by atoms with Crippen LogP contribution in [0.3, 0.4) is 0 Å². The van der Waals surface area contributed by atoms with Crippen LogP contribution >= 0.6 is 0 Å². The summed E-state index contributed by atoms with van der Waals surface area (Å²) in [5, 5.41) is 0. The molecule has 1 saturated carbocycles. The molecule has 118 valence electrons.